The van der Waals surface area contributed by atoms with E-state index in [0.29, 0.717) is 10.0 Å². The Hall–Kier alpha value is -1.45. The van der Waals surface area contributed by atoms with Gasteiger partial charge in [-0.2, -0.15) is 0 Å². The van der Waals surface area contributed by atoms with Crippen molar-refractivity contribution in [1.29, 1.82) is 0 Å². The van der Waals surface area contributed by atoms with Crippen LogP contribution in [0.25, 0.3) is 0 Å². The lowest BCUT2D eigenvalue weighted by Crippen LogP contribution is -2.12. The largest absolute Gasteiger partial charge is 0.344 e. The third kappa shape index (κ3) is 2.56. The van der Waals surface area contributed by atoms with E-state index in [4.69, 9.17) is 23.8 Å². The fourth-order valence-corrected chi connectivity index (χ4v) is 1.66. The summed E-state index contributed by atoms with van der Waals surface area (Å²) in [7, 11) is 0. The highest BCUT2D eigenvalue weighted by atomic mass is 35.5. The first-order valence-corrected chi connectivity index (χ1v) is 5.53. The summed E-state index contributed by atoms with van der Waals surface area (Å²) in [6.07, 6.45) is 1.70. The van der Waals surface area contributed by atoms with Crippen molar-refractivity contribution in [2.24, 2.45) is 0 Å². The molecule has 80 valence electrons. The quantitative estimate of drug-likeness (QED) is 0.824. The molecule has 0 radical (unpaired) electrons. The molecule has 1 heterocycles. The van der Waals surface area contributed by atoms with Crippen LogP contribution < -0.4 is 5.32 Å². The number of thiocarbonyl (C=S) groups is 1. The Bertz CT molecular complexity index is 499. The number of para-hydroxylation sites is 1. The monoisotopic (exact) mass is 248 g/mol. The van der Waals surface area contributed by atoms with Crippen molar-refractivity contribution in [3.63, 3.8) is 0 Å². The Kier molecular flexibility index (Phi) is 3.49. The van der Waals surface area contributed by atoms with Crippen molar-refractivity contribution >= 4 is 34.5 Å². The van der Waals surface area contributed by atoms with Gasteiger partial charge in [-0.15, -0.1) is 0 Å². The van der Waals surface area contributed by atoms with Gasteiger partial charge in [0.25, 0.3) is 0 Å². The summed E-state index contributed by atoms with van der Waals surface area (Å²) < 4.78 is 0. The molecule has 0 amide bonds. The molecule has 2 rings (SSSR count). The lowest BCUT2D eigenvalue weighted by molar-refractivity contribution is 1.30. The number of aromatic nitrogens is 1. The lowest BCUT2D eigenvalue weighted by Gasteiger charge is -2.08. The van der Waals surface area contributed by atoms with Crippen LogP contribution in [0.5, 0.6) is 0 Å². The minimum Gasteiger partial charge on any atom is -0.344 e. The Balaban J connectivity index is 2.18. The van der Waals surface area contributed by atoms with E-state index >= 15 is 0 Å². The van der Waals surface area contributed by atoms with Gasteiger partial charge in [-0.3, -0.25) is 4.98 Å². The molecule has 2 aromatic rings. The summed E-state index contributed by atoms with van der Waals surface area (Å²) in [6.45, 7) is 0. The molecule has 0 unspecified atom stereocenters. The van der Waals surface area contributed by atoms with E-state index < -0.39 is 0 Å². The smallest absolute Gasteiger partial charge is 0.129 e. The van der Waals surface area contributed by atoms with Crippen LogP contribution in [-0.4, -0.2) is 9.97 Å². The van der Waals surface area contributed by atoms with Crippen LogP contribution in [-0.2, 0) is 0 Å². The van der Waals surface area contributed by atoms with Crippen molar-refractivity contribution < 1.29 is 0 Å². The average Bonchev–Trinajstić information content (AvgIpc) is 2.33. The predicted molar refractivity (Wildman–Crippen MR) is 71.0 cm³/mol. The van der Waals surface area contributed by atoms with Crippen LogP contribution in [0, 0.1) is 0 Å². The summed E-state index contributed by atoms with van der Waals surface area (Å²) in [5.41, 5.74) is 1.53. The number of halogens is 1. The summed E-state index contributed by atoms with van der Waals surface area (Å²) in [6, 6.07) is 13.0. The van der Waals surface area contributed by atoms with Crippen molar-refractivity contribution in [3.05, 3.63) is 59.4 Å². The Morgan fingerprint density at radius 3 is 2.56 bits per heavy atom. The van der Waals surface area contributed by atoms with Crippen LogP contribution in [0.2, 0.25) is 5.02 Å². The molecule has 2 nitrogen and oxygen atoms in total. The summed E-state index contributed by atoms with van der Waals surface area (Å²) in [5.74, 6) is 0. The van der Waals surface area contributed by atoms with Crippen molar-refractivity contribution in [1.82, 2.24) is 4.98 Å². The van der Waals surface area contributed by atoms with Crippen molar-refractivity contribution in [2.45, 2.75) is 0 Å². The third-order valence-corrected chi connectivity index (χ3v) is 2.66. The number of rotatable bonds is 2. The van der Waals surface area contributed by atoms with Crippen molar-refractivity contribution in [3.8, 4) is 0 Å². The second kappa shape index (κ2) is 5.05. The first-order chi connectivity index (χ1) is 7.77. The van der Waals surface area contributed by atoms with E-state index in [9.17, 15) is 0 Å². The molecule has 0 spiro atoms. The molecule has 0 fully saturated rings. The summed E-state index contributed by atoms with van der Waals surface area (Å²) >= 11 is 11.2. The first-order valence-electron chi connectivity index (χ1n) is 4.74. The van der Waals surface area contributed by atoms with E-state index in [1.54, 1.807) is 6.20 Å². The molecule has 0 saturated carbocycles. The topological polar surface area (TPSA) is 24.9 Å². The molecular formula is C12H9ClN2S. The maximum atomic E-state index is 6.01. The molecule has 0 atom stereocenters. The molecule has 0 aliphatic heterocycles. The van der Waals surface area contributed by atoms with E-state index in [1.807, 2.05) is 42.5 Å². The minimum atomic E-state index is 0.564. The SMILES string of the molecule is S=C(Nc1ccccc1Cl)c1ccccn1. The van der Waals surface area contributed by atoms with Gasteiger partial charge in [-0.05, 0) is 24.3 Å². The molecule has 0 saturated heterocycles. The molecule has 4 heteroatoms. The number of hydrogen-bond acceptors (Lipinski definition) is 2. The third-order valence-electron chi connectivity index (χ3n) is 2.02. The molecule has 0 aliphatic carbocycles. The zero-order chi connectivity index (χ0) is 11.4. The highest BCUT2D eigenvalue weighted by Gasteiger charge is 2.04. The second-order valence-corrected chi connectivity index (χ2v) is 3.96. The Labute approximate surface area is 104 Å². The number of nitrogens with one attached hydrogen (secondary N) is 1. The maximum absolute atomic E-state index is 6.01. The average molecular weight is 249 g/mol. The standard InChI is InChI=1S/C12H9ClN2S/c13-9-5-1-2-6-10(9)15-12(16)11-7-3-4-8-14-11/h1-8H,(H,15,16). The van der Waals surface area contributed by atoms with Crippen LogP contribution in [0.1, 0.15) is 5.69 Å². The molecule has 0 bridgehead atoms. The Morgan fingerprint density at radius 1 is 1.12 bits per heavy atom. The predicted octanol–water partition coefficient (Wildman–Crippen LogP) is 3.52. The fraction of sp³-hybridized carbons (Fsp3) is 0. The van der Waals surface area contributed by atoms with Gasteiger partial charge in [0.2, 0.25) is 0 Å². The number of benzene rings is 1. The van der Waals surface area contributed by atoms with E-state index in [0.717, 1.165) is 11.4 Å². The van der Waals surface area contributed by atoms with Crippen LogP contribution in [0.4, 0.5) is 5.69 Å². The van der Waals surface area contributed by atoms with Crippen LogP contribution >= 0.6 is 23.8 Å². The van der Waals surface area contributed by atoms with Crippen LogP contribution in [0.3, 0.4) is 0 Å². The zero-order valence-electron chi connectivity index (χ0n) is 8.35. The normalized spacial score (nSPS) is 9.81. The zero-order valence-corrected chi connectivity index (χ0v) is 9.92. The highest BCUT2D eigenvalue weighted by Crippen LogP contribution is 2.21. The molecule has 1 aromatic heterocycles. The first kappa shape index (κ1) is 11.0. The van der Waals surface area contributed by atoms with Gasteiger partial charge >= 0.3 is 0 Å². The van der Waals surface area contributed by atoms with E-state index in [1.165, 1.54) is 0 Å². The van der Waals surface area contributed by atoms with Crippen LogP contribution in [0.15, 0.2) is 48.7 Å². The molecule has 1 aromatic carbocycles. The second-order valence-electron chi connectivity index (χ2n) is 3.15. The van der Waals surface area contributed by atoms with Gasteiger partial charge in [0.15, 0.2) is 0 Å². The Morgan fingerprint density at radius 2 is 1.88 bits per heavy atom. The molecule has 16 heavy (non-hydrogen) atoms. The number of nitrogens with zero attached hydrogens (tertiary/aromatic N) is 1. The lowest BCUT2D eigenvalue weighted by atomic mass is 10.3. The minimum absolute atomic E-state index is 0.564. The van der Waals surface area contributed by atoms with Gasteiger partial charge in [0.05, 0.1) is 16.4 Å². The van der Waals surface area contributed by atoms with Gasteiger partial charge in [-0.1, -0.05) is 42.0 Å². The molecule has 1 N–H and O–H groups in total. The molecular weight excluding hydrogens is 240 g/mol. The molecule has 0 aliphatic rings. The van der Waals surface area contributed by atoms with Gasteiger partial charge < -0.3 is 5.32 Å². The number of hydrogen-bond donors (Lipinski definition) is 1. The van der Waals surface area contributed by atoms with Gasteiger partial charge in [-0.25, -0.2) is 0 Å². The highest BCUT2D eigenvalue weighted by molar-refractivity contribution is 7.81. The van der Waals surface area contributed by atoms with Gasteiger partial charge in [0, 0.05) is 6.20 Å². The van der Waals surface area contributed by atoms with E-state index in [2.05, 4.69) is 10.3 Å². The summed E-state index contributed by atoms with van der Waals surface area (Å²) in [4.78, 5) is 4.72. The number of anilines is 1. The maximum Gasteiger partial charge on any atom is 0.129 e. The number of pyridine rings is 1. The van der Waals surface area contributed by atoms with E-state index in [-0.39, 0.29) is 0 Å². The fourth-order valence-electron chi connectivity index (χ4n) is 1.25. The summed E-state index contributed by atoms with van der Waals surface area (Å²) in [5, 5.41) is 3.70. The van der Waals surface area contributed by atoms with Crippen molar-refractivity contribution in [2.75, 3.05) is 5.32 Å². The van der Waals surface area contributed by atoms with Gasteiger partial charge in [0.1, 0.15) is 4.99 Å².